The summed E-state index contributed by atoms with van der Waals surface area (Å²) in [5.41, 5.74) is -0.376. The van der Waals surface area contributed by atoms with Crippen LogP contribution in [0.4, 0.5) is 0 Å². The highest BCUT2D eigenvalue weighted by Crippen LogP contribution is 2.15. The SMILES string of the molecule is CC(C)N1CCOC(Cn2ncc(Cl)c(Cl)c2=O)C1. The molecule has 1 unspecified atom stereocenters. The van der Waals surface area contributed by atoms with Crippen molar-refractivity contribution in [2.75, 3.05) is 19.7 Å². The van der Waals surface area contributed by atoms with E-state index in [1.54, 1.807) is 0 Å². The van der Waals surface area contributed by atoms with Crippen LogP contribution >= 0.6 is 23.2 Å². The molecule has 0 N–H and O–H groups in total. The van der Waals surface area contributed by atoms with Crippen molar-refractivity contribution in [3.63, 3.8) is 0 Å². The van der Waals surface area contributed by atoms with Crippen molar-refractivity contribution < 1.29 is 4.74 Å². The average Bonchev–Trinajstić information content (AvgIpc) is 2.40. The molecule has 0 spiro atoms. The molecule has 0 bridgehead atoms. The van der Waals surface area contributed by atoms with E-state index in [4.69, 9.17) is 27.9 Å². The molecule has 106 valence electrons. The van der Waals surface area contributed by atoms with Gasteiger partial charge in [-0.1, -0.05) is 23.2 Å². The molecular weight excluding hydrogens is 289 g/mol. The molecule has 19 heavy (non-hydrogen) atoms. The second-order valence-electron chi connectivity index (χ2n) is 4.88. The summed E-state index contributed by atoms with van der Waals surface area (Å²) in [7, 11) is 0. The van der Waals surface area contributed by atoms with Gasteiger partial charge in [0.05, 0.1) is 30.5 Å². The molecule has 1 aromatic heterocycles. The topological polar surface area (TPSA) is 47.4 Å². The largest absolute Gasteiger partial charge is 0.374 e. The molecule has 1 aliphatic heterocycles. The maximum Gasteiger partial charge on any atom is 0.287 e. The molecule has 1 atom stereocenters. The van der Waals surface area contributed by atoms with E-state index in [2.05, 4.69) is 23.8 Å². The molecular formula is C12H17Cl2N3O2. The first-order valence-electron chi connectivity index (χ1n) is 6.26. The van der Waals surface area contributed by atoms with Gasteiger partial charge in [-0.05, 0) is 13.8 Å². The average molecular weight is 306 g/mol. The van der Waals surface area contributed by atoms with Crippen LogP contribution in [0.5, 0.6) is 0 Å². The highest BCUT2D eigenvalue weighted by atomic mass is 35.5. The Morgan fingerprint density at radius 3 is 2.95 bits per heavy atom. The van der Waals surface area contributed by atoms with E-state index in [0.717, 1.165) is 13.1 Å². The van der Waals surface area contributed by atoms with Crippen LogP contribution in [-0.4, -0.2) is 46.5 Å². The summed E-state index contributed by atoms with van der Waals surface area (Å²) in [6.45, 7) is 7.04. The summed E-state index contributed by atoms with van der Waals surface area (Å²) in [5.74, 6) is 0. The van der Waals surface area contributed by atoms with Crippen LogP contribution < -0.4 is 5.56 Å². The first kappa shape index (κ1) is 14.8. The molecule has 0 aromatic carbocycles. The van der Waals surface area contributed by atoms with Crippen LogP contribution in [0, 0.1) is 0 Å². The van der Waals surface area contributed by atoms with E-state index in [0.29, 0.717) is 19.2 Å². The van der Waals surface area contributed by atoms with Gasteiger partial charge < -0.3 is 4.74 Å². The second-order valence-corrected chi connectivity index (χ2v) is 5.66. The van der Waals surface area contributed by atoms with Crippen LogP contribution in [0.15, 0.2) is 11.0 Å². The van der Waals surface area contributed by atoms with E-state index in [1.807, 2.05) is 0 Å². The zero-order chi connectivity index (χ0) is 14.0. The second kappa shape index (κ2) is 6.22. The minimum Gasteiger partial charge on any atom is -0.374 e. The third-order valence-corrected chi connectivity index (χ3v) is 3.97. The number of hydrogen-bond donors (Lipinski definition) is 0. The standard InChI is InChI=1S/C12H17Cl2N3O2/c1-8(2)16-3-4-19-9(6-16)7-17-12(18)11(14)10(13)5-15-17/h5,8-9H,3-4,6-7H2,1-2H3. The molecule has 0 aliphatic carbocycles. The summed E-state index contributed by atoms with van der Waals surface area (Å²) in [6, 6.07) is 0.463. The third kappa shape index (κ3) is 3.48. The van der Waals surface area contributed by atoms with E-state index in [-0.39, 0.29) is 21.7 Å². The number of halogens is 2. The highest BCUT2D eigenvalue weighted by molar-refractivity contribution is 6.41. The maximum absolute atomic E-state index is 11.9. The number of morpholine rings is 1. The Morgan fingerprint density at radius 1 is 1.53 bits per heavy atom. The van der Waals surface area contributed by atoms with Gasteiger partial charge in [0, 0.05) is 19.1 Å². The van der Waals surface area contributed by atoms with Gasteiger partial charge in [-0.2, -0.15) is 5.10 Å². The fourth-order valence-electron chi connectivity index (χ4n) is 2.09. The van der Waals surface area contributed by atoms with Crippen molar-refractivity contribution >= 4 is 23.2 Å². The van der Waals surface area contributed by atoms with Gasteiger partial charge in [0.1, 0.15) is 5.02 Å². The molecule has 7 heteroatoms. The molecule has 0 amide bonds. The lowest BCUT2D eigenvalue weighted by Gasteiger charge is -2.35. The van der Waals surface area contributed by atoms with Gasteiger partial charge in [0.2, 0.25) is 0 Å². The highest BCUT2D eigenvalue weighted by Gasteiger charge is 2.23. The molecule has 2 heterocycles. The van der Waals surface area contributed by atoms with Crippen LogP contribution in [0.3, 0.4) is 0 Å². The monoisotopic (exact) mass is 305 g/mol. The van der Waals surface area contributed by atoms with Gasteiger partial charge in [0.25, 0.3) is 5.56 Å². The van der Waals surface area contributed by atoms with Crippen molar-refractivity contribution in [1.29, 1.82) is 0 Å². The molecule has 0 radical (unpaired) electrons. The van der Waals surface area contributed by atoms with Crippen LogP contribution in [0.2, 0.25) is 10.0 Å². The lowest BCUT2D eigenvalue weighted by Crippen LogP contribution is -2.48. The first-order chi connectivity index (χ1) is 8.99. The summed E-state index contributed by atoms with van der Waals surface area (Å²) in [5, 5.41) is 4.18. The Bertz CT molecular complexity index is 504. The minimum absolute atomic E-state index is 0.00759. The first-order valence-corrected chi connectivity index (χ1v) is 7.01. The fraction of sp³-hybridized carbons (Fsp3) is 0.667. The van der Waals surface area contributed by atoms with Gasteiger partial charge in [-0.25, -0.2) is 4.68 Å². The number of rotatable bonds is 3. The van der Waals surface area contributed by atoms with Crippen molar-refractivity contribution in [3.05, 3.63) is 26.6 Å². The van der Waals surface area contributed by atoms with Crippen LogP contribution in [-0.2, 0) is 11.3 Å². The Labute approximate surface area is 122 Å². The summed E-state index contributed by atoms with van der Waals surface area (Å²) in [4.78, 5) is 14.2. The lowest BCUT2D eigenvalue weighted by atomic mass is 10.2. The normalized spacial score (nSPS) is 21.0. The van der Waals surface area contributed by atoms with Gasteiger partial charge >= 0.3 is 0 Å². The van der Waals surface area contributed by atoms with E-state index in [9.17, 15) is 4.79 Å². The number of nitrogens with zero attached hydrogens (tertiary/aromatic N) is 3. The zero-order valence-corrected chi connectivity index (χ0v) is 12.5. The Kier molecular flexibility index (Phi) is 4.84. The van der Waals surface area contributed by atoms with Crippen molar-refractivity contribution in [2.24, 2.45) is 0 Å². The predicted octanol–water partition coefficient (Wildman–Crippen LogP) is 1.66. The fourth-order valence-corrected chi connectivity index (χ4v) is 2.36. The molecule has 0 saturated carbocycles. The molecule has 1 saturated heterocycles. The summed E-state index contributed by atoms with van der Waals surface area (Å²) in [6.07, 6.45) is 1.33. The Balaban J connectivity index is 2.09. The molecule has 5 nitrogen and oxygen atoms in total. The van der Waals surface area contributed by atoms with Gasteiger partial charge in [0.15, 0.2) is 0 Å². The van der Waals surface area contributed by atoms with E-state index < -0.39 is 0 Å². The Hall–Kier alpha value is -0.620. The summed E-state index contributed by atoms with van der Waals surface area (Å²) < 4.78 is 6.98. The molecule has 1 aliphatic rings. The maximum atomic E-state index is 11.9. The summed E-state index contributed by atoms with van der Waals surface area (Å²) >= 11 is 11.6. The number of ether oxygens (including phenoxy) is 1. The molecule has 2 rings (SSSR count). The molecule has 1 aromatic rings. The predicted molar refractivity (Wildman–Crippen MR) is 75.0 cm³/mol. The van der Waals surface area contributed by atoms with Crippen LogP contribution in [0.25, 0.3) is 0 Å². The number of hydrogen-bond acceptors (Lipinski definition) is 4. The van der Waals surface area contributed by atoms with E-state index in [1.165, 1.54) is 10.9 Å². The van der Waals surface area contributed by atoms with Gasteiger partial charge in [-0.3, -0.25) is 9.69 Å². The molecule has 1 fully saturated rings. The van der Waals surface area contributed by atoms with Crippen LogP contribution in [0.1, 0.15) is 13.8 Å². The van der Waals surface area contributed by atoms with Crippen molar-refractivity contribution in [2.45, 2.75) is 32.5 Å². The number of aromatic nitrogens is 2. The van der Waals surface area contributed by atoms with Crippen molar-refractivity contribution in [3.8, 4) is 0 Å². The smallest absolute Gasteiger partial charge is 0.287 e. The van der Waals surface area contributed by atoms with Crippen molar-refractivity contribution in [1.82, 2.24) is 14.7 Å². The lowest BCUT2D eigenvalue weighted by molar-refractivity contribution is -0.0475. The quantitative estimate of drug-likeness (QED) is 0.852. The Morgan fingerprint density at radius 2 is 2.26 bits per heavy atom. The van der Waals surface area contributed by atoms with E-state index >= 15 is 0 Å². The minimum atomic E-state index is -0.376. The third-order valence-electron chi connectivity index (χ3n) is 3.22. The van der Waals surface area contributed by atoms with Gasteiger partial charge in [-0.15, -0.1) is 0 Å². The zero-order valence-electron chi connectivity index (χ0n) is 11.0.